The van der Waals surface area contributed by atoms with E-state index in [4.69, 9.17) is 28.3 Å². The Balaban J connectivity index is 1.76. The van der Waals surface area contributed by atoms with E-state index in [-0.39, 0.29) is 24.2 Å². The number of benzene rings is 1. The second kappa shape index (κ2) is 6.70. The van der Waals surface area contributed by atoms with Crippen LogP contribution in [0.2, 0.25) is 10.0 Å². The maximum atomic E-state index is 12.7. The van der Waals surface area contributed by atoms with Crippen molar-refractivity contribution >= 4 is 46.7 Å². The van der Waals surface area contributed by atoms with Crippen molar-refractivity contribution < 1.29 is 19.5 Å². The zero-order valence-electron chi connectivity index (χ0n) is 12.7. The molecule has 24 heavy (non-hydrogen) atoms. The van der Waals surface area contributed by atoms with E-state index in [0.29, 0.717) is 41.7 Å². The zero-order chi connectivity index (χ0) is 17.4. The van der Waals surface area contributed by atoms with Crippen molar-refractivity contribution in [3.05, 3.63) is 28.2 Å². The number of carboxylic acids is 1. The van der Waals surface area contributed by atoms with Gasteiger partial charge in [-0.25, -0.2) is 4.90 Å². The van der Waals surface area contributed by atoms with Crippen LogP contribution in [-0.4, -0.2) is 46.9 Å². The van der Waals surface area contributed by atoms with Crippen molar-refractivity contribution in [2.45, 2.75) is 25.3 Å². The van der Waals surface area contributed by atoms with Crippen molar-refractivity contribution in [3.8, 4) is 0 Å². The molecule has 0 saturated carbocycles. The van der Waals surface area contributed by atoms with E-state index < -0.39 is 12.0 Å². The summed E-state index contributed by atoms with van der Waals surface area (Å²) < 4.78 is 0. The highest BCUT2D eigenvalue weighted by Gasteiger charge is 2.44. The number of halogens is 2. The van der Waals surface area contributed by atoms with Crippen molar-refractivity contribution in [3.63, 3.8) is 0 Å². The van der Waals surface area contributed by atoms with E-state index in [9.17, 15) is 14.4 Å². The molecule has 1 atom stereocenters. The number of nitrogens with zero attached hydrogens (tertiary/aromatic N) is 2. The zero-order valence-corrected chi connectivity index (χ0v) is 14.3. The quantitative estimate of drug-likeness (QED) is 0.826. The van der Waals surface area contributed by atoms with Gasteiger partial charge in [-0.2, -0.15) is 0 Å². The fourth-order valence-electron chi connectivity index (χ4n) is 3.30. The van der Waals surface area contributed by atoms with Crippen molar-refractivity contribution in [1.29, 1.82) is 0 Å². The summed E-state index contributed by atoms with van der Waals surface area (Å²) in [5.41, 5.74) is 0.366. The largest absolute Gasteiger partial charge is 0.481 e. The molecular formula is C16H16Cl2N2O4. The summed E-state index contributed by atoms with van der Waals surface area (Å²) in [5.74, 6) is -1.80. The molecule has 3 rings (SSSR count). The molecule has 8 heteroatoms. The standard InChI is InChI=1S/C16H16Cl2N2O4/c17-10-5-11(18)7-12(6-10)20-14(21)8-13(15(20)22)19-3-1-9(2-4-19)16(23)24/h5-7,9,13H,1-4,8H2,(H,23,24). The second-order valence-electron chi connectivity index (χ2n) is 6.06. The highest BCUT2D eigenvalue weighted by atomic mass is 35.5. The van der Waals surface area contributed by atoms with Crippen LogP contribution in [0.15, 0.2) is 18.2 Å². The van der Waals surface area contributed by atoms with E-state index in [0.717, 1.165) is 4.90 Å². The first-order valence-corrected chi connectivity index (χ1v) is 8.42. The smallest absolute Gasteiger partial charge is 0.306 e. The number of piperidine rings is 1. The summed E-state index contributed by atoms with van der Waals surface area (Å²) in [6.45, 7) is 0.982. The summed E-state index contributed by atoms with van der Waals surface area (Å²) in [4.78, 5) is 39.1. The van der Waals surface area contributed by atoms with Crippen LogP contribution in [0.3, 0.4) is 0 Å². The van der Waals surface area contributed by atoms with Crippen molar-refractivity contribution in [1.82, 2.24) is 4.90 Å². The Morgan fingerprint density at radius 2 is 1.67 bits per heavy atom. The summed E-state index contributed by atoms with van der Waals surface area (Å²) >= 11 is 11.9. The van der Waals surface area contributed by atoms with E-state index in [1.165, 1.54) is 18.2 Å². The van der Waals surface area contributed by atoms with Crippen molar-refractivity contribution in [2.24, 2.45) is 5.92 Å². The van der Waals surface area contributed by atoms with Crippen LogP contribution in [0.4, 0.5) is 5.69 Å². The first-order chi connectivity index (χ1) is 11.4. The molecule has 2 aliphatic rings. The molecule has 0 aromatic heterocycles. The van der Waals surface area contributed by atoms with Crippen LogP contribution in [0.25, 0.3) is 0 Å². The number of carbonyl (C=O) groups is 3. The Kier molecular flexibility index (Phi) is 4.80. The Morgan fingerprint density at radius 3 is 2.21 bits per heavy atom. The maximum Gasteiger partial charge on any atom is 0.306 e. The molecule has 0 bridgehead atoms. The van der Waals surface area contributed by atoms with E-state index in [1.54, 1.807) is 0 Å². The average molecular weight is 371 g/mol. The van der Waals surface area contributed by atoms with Gasteiger partial charge in [0.05, 0.1) is 24.1 Å². The molecule has 1 aromatic carbocycles. The fourth-order valence-corrected chi connectivity index (χ4v) is 3.81. The normalized spacial score (nSPS) is 23.1. The van der Waals surface area contributed by atoms with Gasteiger partial charge < -0.3 is 5.11 Å². The number of anilines is 1. The molecule has 2 amide bonds. The summed E-state index contributed by atoms with van der Waals surface area (Å²) in [5, 5.41) is 9.76. The fraction of sp³-hybridized carbons (Fsp3) is 0.438. The molecule has 2 aliphatic heterocycles. The highest BCUT2D eigenvalue weighted by Crippen LogP contribution is 2.32. The van der Waals surface area contributed by atoms with Crippen LogP contribution in [0.5, 0.6) is 0 Å². The minimum atomic E-state index is -0.807. The molecule has 0 spiro atoms. The molecule has 1 unspecified atom stereocenters. The molecule has 2 heterocycles. The van der Waals surface area contributed by atoms with Gasteiger partial charge in [-0.1, -0.05) is 23.2 Å². The molecule has 1 N–H and O–H groups in total. The lowest BCUT2D eigenvalue weighted by atomic mass is 9.96. The Morgan fingerprint density at radius 1 is 1.08 bits per heavy atom. The second-order valence-corrected chi connectivity index (χ2v) is 6.94. The lowest BCUT2D eigenvalue weighted by molar-refractivity contribution is -0.143. The predicted molar refractivity (Wildman–Crippen MR) is 89.3 cm³/mol. The number of carbonyl (C=O) groups excluding carboxylic acids is 2. The van der Waals surface area contributed by atoms with Gasteiger partial charge in [0.1, 0.15) is 0 Å². The molecule has 2 saturated heterocycles. The van der Waals surface area contributed by atoms with Crippen LogP contribution >= 0.6 is 23.2 Å². The molecule has 128 valence electrons. The predicted octanol–water partition coefficient (Wildman–Crippen LogP) is 2.42. The third-order valence-corrected chi connectivity index (χ3v) is 4.98. The third kappa shape index (κ3) is 3.27. The lowest BCUT2D eigenvalue weighted by Gasteiger charge is -2.33. The Bertz CT molecular complexity index is 681. The minimum absolute atomic E-state index is 0.0840. The SMILES string of the molecule is O=C(O)C1CCN(C2CC(=O)N(c3cc(Cl)cc(Cl)c3)C2=O)CC1. The molecule has 0 aliphatic carbocycles. The van der Waals surface area contributed by atoms with E-state index >= 15 is 0 Å². The van der Waals surface area contributed by atoms with Gasteiger partial charge in [0.25, 0.3) is 5.91 Å². The van der Waals surface area contributed by atoms with Gasteiger partial charge >= 0.3 is 5.97 Å². The average Bonchev–Trinajstić information content (AvgIpc) is 2.81. The number of imide groups is 1. The van der Waals surface area contributed by atoms with Gasteiger partial charge in [0, 0.05) is 10.0 Å². The number of likely N-dealkylation sites (tertiary alicyclic amines) is 1. The van der Waals surface area contributed by atoms with Crippen LogP contribution in [0, 0.1) is 5.92 Å². The topological polar surface area (TPSA) is 77.9 Å². The van der Waals surface area contributed by atoms with Crippen LogP contribution in [-0.2, 0) is 14.4 Å². The molecule has 2 fully saturated rings. The van der Waals surface area contributed by atoms with Gasteiger partial charge in [-0.05, 0) is 44.1 Å². The molecule has 6 nitrogen and oxygen atoms in total. The lowest BCUT2D eigenvalue weighted by Crippen LogP contribution is -2.46. The Labute approximate surface area is 148 Å². The van der Waals surface area contributed by atoms with E-state index in [2.05, 4.69) is 0 Å². The number of aliphatic carboxylic acids is 1. The molecular weight excluding hydrogens is 355 g/mol. The molecule has 1 aromatic rings. The summed E-state index contributed by atoms with van der Waals surface area (Å²) in [7, 11) is 0. The van der Waals surface area contributed by atoms with Gasteiger partial charge in [-0.15, -0.1) is 0 Å². The first kappa shape index (κ1) is 17.2. The van der Waals surface area contributed by atoms with Crippen LogP contribution in [0.1, 0.15) is 19.3 Å². The van der Waals surface area contributed by atoms with Gasteiger partial charge in [0.2, 0.25) is 5.91 Å². The van der Waals surface area contributed by atoms with Crippen LogP contribution < -0.4 is 4.90 Å². The number of amides is 2. The third-order valence-electron chi connectivity index (χ3n) is 4.55. The minimum Gasteiger partial charge on any atom is -0.481 e. The number of rotatable bonds is 3. The highest BCUT2D eigenvalue weighted by molar-refractivity contribution is 6.35. The molecule has 0 radical (unpaired) electrons. The number of hydrogen-bond donors (Lipinski definition) is 1. The Hall–Kier alpha value is -1.63. The number of carboxylic acid groups (broad SMARTS) is 1. The number of hydrogen-bond acceptors (Lipinski definition) is 4. The van der Waals surface area contributed by atoms with Crippen molar-refractivity contribution in [2.75, 3.05) is 18.0 Å². The monoisotopic (exact) mass is 370 g/mol. The van der Waals surface area contributed by atoms with Gasteiger partial charge in [-0.3, -0.25) is 19.3 Å². The van der Waals surface area contributed by atoms with E-state index in [1.807, 2.05) is 4.90 Å². The summed E-state index contributed by atoms with van der Waals surface area (Å²) in [6, 6.07) is 4.04. The first-order valence-electron chi connectivity index (χ1n) is 7.66. The van der Waals surface area contributed by atoms with Gasteiger partial charge in [0.15, 0.2) is 0 Å². The maximum absolute atomic E-state index is 12.7. The summed E-state index contributed by atoms with van der Waals surface area (Å²) in [6.07, 6.45) is 1.05.